The number of benzene rings is 5. The summed E-state index contributed by atoms with van der Waals surface area (Å²) < 4.78 is 8.14. The summed E-state index contributed by atoms with van der Waals surface area (Å²) in [5.74, 6) is 0. The number of rotatable bonds is 0. The quantitative estimate of drug-likeness (QED) is 0.158. The molecule has 13 heterocycles. The molecule has 0 fully saturated rings. The molecule has 0 atom stereocenters. The van der Waals surface area contributed by atoms with Crippen molar-refractivity contribution in [1.82, 2.24) is 29.9 Å². The van der Waals surface area contributed by atoms with Crippen LogP contribution < -0.4 is 0 Å². The minimum absolute atomic E-state index is 0. The zero-order valence-electron chi connectivity index (χ0n) is 74.3. The predicted molar refractivity (Wildman–Crippen MR) is 536 cm³/mol. The van der Waals surface area contributed by atoms with E-state index in [0.717, 1.165) is 4.83 Å². The number of hydrogen-bond donors (Lipinski definition) is 2. The van der Waals surface area contributed by atoms with Crippen LogP contribution in [-0.4, -0.2) is 29.9 Å². The molecule has 6 nitrogen and oxygen atoms in total. The van der Waals surface area contributed by atoms with E-state index in [4.69, 9.17) is 0 Å². The van der Waals surface area contributed by atoms with E-state index in [1.807, 2.05) is 124 Å². The van der Waals surface area contributed by atoms with Gasteiger partial charge in [0.1, 0.15) is 4.83 Å². The molecule has 0 aliphatic rings. The Morgan fingerprint density at radius 2 is 0.720 bits per heavy atom. The second kappa shape index (κ2) is 38.5. The van der Waals surface area contributed by atoms with Crippen LogP contribution in [0.25, 0.3) is 92.5 Å². The summed E-state index contributed by atoms with van der Waals surface area (Å²) in [4.78, 5) is 31.6. The lowest BCUT2D eigenvalue weighted by molar-refractivity contribution is 0.574. The maximum atomic E-state index is 4.33. The second-order valence-electron chi connectivity index (χ2n) is 39.3. The van der Waals surface area contributed by atoms with Crippen molar-refractivity contribution >= 4 is 172 Å². The lowest BCUT2D eigenvalue weighted by Gasteiger charge is -2.19. The summed E-state index contributed by atoms with van der Waals surface area (Å²) in [5, 5.41) is 16.3. The molecule has 0 bridgehead atoms. The summed E-state index contributed by atoms with van der Waals surface area (Å²) in [5.41, 5.74) is 10.3. The number of nitrogens with one attached hydrogen (secondary N) is 2. The topological polar surface area (TPSA) is 83.1 Å². The molecule has 13 heteroatoms. The average Bonchev–Trinajstić information content (AvgIpc) is 1.51. The molecule has 18 rings (SSSR count). The van der Waals surface area contributed by atoms with Gasteiger partial charge in [0.25, 0.3) is 0 Å². The summed E-state index contributed by atoms with van der Waals surface area (Å²) in [6.07, 6.45) is 15.2. The first kappa shape index (κ1) is 93.4. The molecule has 0 radical (unpaired) electrons. The van der Waals surface area contributed by atoms with Gasteiger partial charge in [-0.1, -0.05) is 273 Å². The van der Waals surface area contributed by atoms with Crippen LogP contribution in [0.5, 0.6) is 0 Å². The van der Waals surface area contributed by atoms with Gasteiger partial charge in [-0.3, -0.25) is 15.0 Å². The summed E-state index contributed by atoms with van der Waals surface area (Å²) in [7, 11) is 0. The van der Waals surface area contributed by atoms with Gasteiger partial charge in [-0.25, -0.2) is 4.98 Å². The van der Waals surface area contributed by atoms with Crippen LogP contribution in [0.4, 0.5) is 0 Å². The molecule has 0 unspecified atom stereocenters. The van der Waals surface area contributed by atoms with E-state index in [-0.39, 0.29) is 56.2 Å². The van der Waals surface area contributed by atoms with Crippen molar-refractivity contribution in [3.05, 3.63) is 295 Å². The first-order valence-corrected chi connectivity index (χ1v) is 46.5. The van der Waals surface area contributed by atoms with Gasteiger partial charge >= 0.3 is 0 Å². The number of aromatic nitrogens is 6. The van der Waals surface area contributed by atoms with Crippen LogP contribution in [0.3, 0.4) is 0 Å². The SMILES string of the molecule is C.CC(C)(C)c1cc2ccccc2[nH]1.CC(C)(C)c1cc2ccccc2s1.CC(C)(C)c1cc2cccnc2s1.CC(C)(C)c1cc2ccncc2s1.CC(C)(C)c1cc2cnccc2s1.CC(C)(C)c1cc2cnccc2s1.CC(C)(C)c1ccc2[nH]ccc2c1.CC(C)(C)c1cccc2sccc12.CC(C)(C)c1csc2ccccc12. The lowest BCUT2D eigenvalue weighted by Crippen LogP contribution is -2.10. The van der Waals surface area contributed by atoms with Gasteiger partial charge in [-0.05, 0) is 212 Å². The third-order valence-corrected chi connectivity index (χ3v) is 29.2. The molecule has 620 valence electrons. The van der Waals surface area contributed by atoms with Crippen LogP contribution in [0.15, 0.2) is 248 Å². The Kier molecular flexibility index (Phi) is 30.5. The highest BCUT2D eigenvalue weighted by Crippen LogP contribution is 2.41. The summed E-state index contributed by atoms with van der Waals surface area (Å²) in [6.45, 7) is 60.6. The van der Waals surface area contributed by atoms with Crippen molar-refractivity contribution in [2.75, 3.05) is 0 Å². The Morgan fingerprint density at radius 3 is 1.24 bits per heavy atom. The molecule has 0 aliphatic carbocycles. The highest BCUT2D eigenvalue weighted by atomic mass is 32.1. The number of para-hydroxylation sites is 1. The van der Waals surface area contributed by atoms with E-state index in [0.29, 0.717) is 0 Å². The molecular formula is C105H128N6S7. The minimum atomic E-state index is 0. The Balaban J connectivity index is 0.000000151. The van der Waals surface area contributed by atoms with E-state index in [2.05, 4.69) is 410 Å². The van der Waals surface area contributed by atoms with Crippen molar-refractivity contribution in [1.29, 1.82) is 0 Å². The monoisotopic (exact) mass is 1700 g/mol. The highest BCUT2D eigenvalue weighted by molar-refractivity contribution is 7.20. The molecule has 0 saturated heterocycles. The first-order chi connectivity index (χ1) is 54.7. The first-order valence-electron chi connectivity index (χ1n) is 40.6. The Labute approximate surface area is 733 Å². The molecule has 18 aromatic rings. The van der Waals surface area contributed by atoms with Crippen LogP contribution in [0.2, 0.25) is 0 Å². The van der Waals surface area contributed by atoms with E-state index >= 15 is 0 Å². The van der Waals surface area contributed by atoms with E-state index in [1.54, 1.807) is 11.3 Å². The molecule has 118 heavy (non-hydrogen) atoms. The maximum Gasteiger partial charge on any atom is 0.123 e. The third-order valence-electron chi connectivity index (χ3n) is 19.7. The number of pyridine rings is 4. The van der Waals surface area contributed by atoms with Crippen molar-refractivity contribution in [3.8, 4) is 0 Å². The molecule has 0 saturated carbocycles. The van der Waals surface area contributed by atoms with Gasteiger partial charge in [0.2, 0.25) is 0 Å². The zero-order valence-corrected chi connectivity index (χ0v) is 80.0. The smallest absolute Gasteiger partial charge is 0.123 e. The van der Waals surface area contributed by atoms with E-state index in [1.165, 1.54) is 134 Å². The average molecular weight is 1700 g/mol. The fourth-order valence-corrected chi connectivity index (χ4v) is 20.0. The molecule has 2 N–H and O–H groups in total. The summed E-state index contributed by atoms with van der Waals surface area (Å²) >= 11 is 12.9. The molecule has 0 amide bonds. The Bertz CT molecular complexity index is 5290. The molecular weight excluding hydrogens is 1570 g/mol. The van der Waals surface area contributed by atoms with Crippen molar-refractivity contribution in [2.45, 2.75) is 243 Å². The van der Waals surface area contributed by atoms with Gasteiger partial charge in [-0.2, -0.15) is 0 Å². The van der Waals surface area contributed by atoms with Crippen LogP contribution in [0.1, 0.15) is 241 Å². The fourth-order valence-electron chi connectivity index (χ4n) is 12.6. The minimum Gasteiger partial charge on any atom is -0.361 e. The van der Waals surface area contributed by atoms with Gasteiger partial charge < -0.3 is 9.97 Å². The van der Waals surface area contributed by atoms with Crippen LogP contribution in [-0.2, 0) is 48.7 Å². The number of thiophene rings is 7. The molecule has 5 aromatic carbocycles. The highest BCUT2D eigenvalue weighted by Gasteiger charge is 2.24. The molecule has 0 spiro atoms. The van der Waals surface area contributed by atoms with Crippen LogP contribution in [0, 0.1) is 0 Å². The number of fused-ring (bicyclic) bond motifs is 9. The lowest BCUT2D eigenvalue weighted by atomic mass is 9.85. The third kappa shape index (κ3) is 25.5. The zero-order chi connectivity index (χ0) is 85.3. The van der Waals surface area contributed by atoms with Crippen molar-refractivity contribution in [3.63, 3.8) is 0 Å². The fraction of sp³-hybridized carbons (Fsp3) is 0.352. The largest absolute Gasteiger partial charge is 0.361 e. The predicted octanol–water partition coefficient (Wildman–Crippen LogP) is 34.5. The van der Waals surface area contributed by atoms with Gasteiger partial charge in [0, 0.05) is 136 Å². The standard InChI is InChI=1S/2C12H15N.3C12H14S.4C11H13NS.CH4/c1-12(2,3)10-4-5-11-9(8-10)6-7-13-11;1-12(2,3)11-8-9-6-4-5-7-10(9)13-11;1-12(2,3)10-5-4-6-11-9(10)7-8-13-11;1-12(2,3)10-8-13-11-7-5-4-6-9(10)11;1-12(2,3)11-8-9-6-4-5-7-10(9)13-11;2*1-11(2,3)10-6-8-7-12-5-4-9(8)13-10;1-11(2,3)10-6-8-4-5-12-7-9(8)13-10;1-11(2,3)9-7-8-5-4-6-12-10(8)13-9;/h2*4-8,13H,1-3H3;3*4-8H,1-3H3;4*4-7H,1-3H3;1H4. The number of aromatic amines is 2. The maximum absolute atomic E-state index is 4.33. The van der Waals surface area contributed by atoms with Crippen molar-refractivity contribution in [2.24, 2.45) is 0 Å². The van der Waals surface area contributed by atoms with Crippen LogP contribution >= 0.6 is 79.4 Å². The molecule has 13 aromatic heterocycles. The van der Waals surface area contributed by atoms with Gasteiger partial charge in [0.15, 0.2) is 0 Å². The van der Waals surface area contributed by atoms with Gasteiger partial charge in [0.05, 0.1) is 4.70 Å². The van der Waals surface area contributed by atoms with Gasteiger partial charge in [-0.15, -0.1) is 79.4 Å². The van der Waals surface area contributed by atoms with E-state index in [9.17, 15) is 0 Å². The summed E-state index contributed by atoms with van der Waals surface area (Å²) in [6, 6.07) is 67.0. The van der Waals surface area contributed by atoms with E-state index < -0.39 is 0 Å². The molecule has 0 aliphatic heterocycles. The number of nitrogens with zero attached hydrogens (tertiary/aromatic N) is 4. The Morgan fingerprint density at radius 1 is 0.280 bits per heavy atom. The second-order valence-corrected chi connectivity index (χ2v) is 46.5. The normalized spacial score (nSPS) is 12.1. The Hall–Kier alpha value is -8.50. The number of H-pyrrole nitrogens is 2. The number of hydrogen-bond acceptors (Lipinski definition) is 11. The van der Waals surface area contributed by atoms with Crippen molar-refractivity contribution < 1.29 is 0 Å².